The van der Waals surface area contributed by atoms with E-state index in [1.165, 1.54) is 6.92 Å². The van der Waals surface area contributed by atoms with E-state index < -0.39 is 24.6 Å². The summed E-state index contributed by atoms with van der Waals surface area (Å²) in [5.74, 6) is -2.91. The zero-order valence-electron chi connectivity index (χ0n) is 8.82. The monoisotopic (exact) mass is 317 g/mol. The molecule has 1 amide bonds. The number of ether oxygens (including phenoxy) is 1. The van der Waals surface area contributed by atoms with Crippen LogP contribution in [0.3, 0.4) is 0 Å². The van der Waals surface area contributed by atoms with Crippen molar-refractivity contribution >= 4 is 45.9 Å². The minimum Gasteiger partial charge on any atom is -0.465 e. The molecule has 104 valence electrons. The number of carbonyl (C=O) groups is 2. The van der Waals surface area contributed by atoms with Crippen LogP contribution < -0.4 is 0 Å². The molecule has 0 aliphatic rings. The predicted molar refractivity (Wildman–Crippen MR) is 63.5 cm³/mol. The quantitative estimate of drug-likeness (QED) is 0.584. The molecule has 0 aromatic carbocycles. The van der Waals surface area contributed by atoms with Gasteiger partial charge in [0.05, 0.1) is 6.61 Å². The van der Waals surface area contributed by atoms with E-state index in [4.69, 9.17) is 0 Å². The zero-order chi connectivity index (χ0) is 12.1. The average Bonchev–Trinajstić information content (AvgIpc) is 2.12. The summed E-state index contributed by atoms with van der Waals surface area (Å²) in [7, 11) is 1.94. The first-order valence-electron chi connectivity index (χ1n) is 4.04. The minimum absolute atomic E-state index is 0. The summed E-state index contributed by atoms with van der Waals surface area (Å²) in [6, 6.07) is 0. The molecular formula is C7H13Cl2F3NO3P. The molecule has 0 radical (unpaired) electrons. The highest BCUT2D eigenvalue weighted by Gasteiger charge is 2.42. The van der Waals surface area contributed by atoms with Gasteiger partial charge in [-0.15, -0.1) is 34.1 Å². The van der Waals surface area contributed by atoms with Crippen molar-refractivity contribution in [2.24, 2.45) is 0 Å². The number of alkyl halides is 3. The first-order valence-corrected chi connectivity index (χ1v) is 4.86. The summed E-state index contributed by atoms with van der Waals surface area (Å²) < 4.78 is 40.3. The van der Waals surface area contributed by atoms with E-state index in [1.54, 1.807) is 0 Å². The molecule has 1 atom stereocenters. The molecule has 0 bridgehead atoms. The van der Waals surface area contributed by atoms with E-state index in [9.17, 15) is 22.8 Å². The molecule has 1 unspecified atom stereocenters. The lowest BCUT2D eigenvalue weighted by atomic mass is 10.5. The van der Waals surface area contributed by atoms with Crippen LogP contribution in [0, 0.1) is 0 Å². The summed E-state index contributed by atoms with van der Waals surface area (Å²) in [5, 5.41) is 0. The molecule has 0 fully saturated rings. The van der Waals surface area contributed by atoms with E-state index >= 15 is 0 Å². The smallest absolute Gasteiger partial charge is 0.465 e. The van der Waals surface area contributed by atoms with Gasteiger partial charge < -0.3 is 9.64 Å². The predicted octanol–water partition coefficient (Wildman–Crippen LogP) is 1.62. The fraction of sp³-hybridized carbons (Fsp3) is 0.714. The van der Waals surface area contributed by atoms with Crippen LogP contribution in [0.5, 0.6) is 0 Å². The second kappa shape index (κ2) is 9.74. The van der Waals surface area contributed by atoms with E-state index in [-0.39, 0.29) is 37.7 Å². The molecule has 0 saturated heterocycles. The van der Waals surface area contributed by atoms with Gasteiger partial charge in [-0.2, -0.15) is 13.2 Å². The van der Waals surface area contributed by atoms with Crippen LogP contribution >= 0.6 is 34.1 Å². The SMILES string of the molecule is CCOC(=O)CN(CP)C(=O)C(F)(F)F.Cl.Cl. The molecule has 0 rings (SSSR count). The normalized spacial score (nSPS) is 9.71. The van der Waals surface area contributed by atoms with Gasteiger partial charge in [-0.25, -0.2) is 0 Å². The summed E-state index contributed by atoms with van der Waals surface area (Å²) in [6.07, 6.45) is -5.25. The van der Waals surface area contributed by atoms with Gasteiger partial charge in [-0.05, 0) is 6.92 Å². The highest BCUT2D eigenvalue weighted by atomic mass is 35.5. The lowest BCUT2D eigenvalue weighted by Crippen LogP contribution is -2.43. The number of halogens is 5. The van der Waals surface area contributed by atoms with Crippen molar-refractivity contribution in [1.29, 1.82) is 0 Å². The van der Waals surface area contributed by atoms with Crippen molar-refractivity contribution in [3.8, 4) is 0 Å². The molecule has 10 heteroatoms. The fourth-order valence-corrected chi connectivity index (χ4v) is 1.06. The van der Waals surface area contributed by atoms with Gasteiger partial charge in [0.25, 0.3) is 0 Å². The summed E-state index contributed by atoms with van der Waals surface area (Å²) >= 11 is 0. The summed E-state index contributed by atoms with van der Waals surface area (Å²) in [4.78, 5) is 21.9. The van der Waals surface area contributed by atoms with Crippen LogP contribution in [0.1, 0.15) is 6.92 Å². The van der Waals surface area contributed by atoms with Gasteiger partial charge in [0.15, 0.2) is 0 Å². The Kier molecular flexibility index (Phi) is 12.6. The third-order valence-electron chi connectivity index (χ3n) is 1.38. The maximum atomic E-state index is 12.0. The molecule has 0 aliphatic heterocycles. The Labute approximate surface area is 111 Å². The van der Waals surface area contributed by atoms with Crippen LogP contribution in [-0.2, 0) is 14.3 Å². The van der Waals surface area contributed by atoms with Gasteiger partial charge in [0.2, 0.25) is 0 Å². The molecule has 0 aromatic rings. The van der Waals surface area contributed by atoms with Gasteiger partial charge in [-0.3, -0.25) is 9.59 Å². The maximum absolute atomic E-state index is 12.0. The van der Waals surface area contributed by atoms with Crippen molar-refractivity contribution in [1.82, 2.24) is 4.90 Å². The summed E-state index contributed by atoms with van der Waals surface area (Å²) in [5.41, 5.74) is 0. The third kappa shape index (κ3) is 8.46. The van der Waals surface area contributed by atoms with Gasteiger partial charge in [0, 0.05) is 6.29 Å². The van der Waals surface area contributed by atoms with Crippen molar-refractivity contribution in [2.75, 3.05) is 19.4 Å². The second-order valence-electron chi connectivity index (χ2n) is 2.49. The minimum atomic E-state index is -4.97. The molecule has 17 heavy (non-hydrogen) atoms. The van der Waals surface area contributed by atoms with Crippen molar-refractivity contribution in [3.63, 3.8) is 0 Å². The van der Waals surface area contributed by atoms with Crippen molar-refractivity contribution < 1.29 is 27.5 Å². The first kappa shape index (κ1) is 22.0. The number of esters is 1. The van der Waals surface area contributed by atoms with Crippen molar-refractivity contribution in [2.45, 2.75) is 13.1 Å². The molecule has 0 spiro atoms. The number of hydrogen-bond donors (Lipinski definition) is 0. The molecule has 0 N–H and O–H groups in total. The number of carbonyl (C=O) groups excluding carboxylic acids is 2. The standard InChI is InChI=1S/C7H11F3NO3P.2ClH/c1-2-14-5(12)3-11(4-15)6(13)7(8,9)10;;/h2-4,15H2,1H3;2*1H. The molecule has 0 aliphatic carbocycles. The lowest BCUT2D eigenvalue weighted by molar-refractivity contribution is -0.185. The van der Waals surface area contributed by atoms with E-state index in [2.05, 4.69) is 4.74 Å². The Hall–Kier alpha value is -0.260. The van der Waals surface area contributed by atoms with Crippen LogP contribution in [0.2, 0.25) is 0 Å². The van der Waals surface area contributed by atoms with Gasteiger partial charge in [0.1, 0.15) is 6.54 Å². The van der Waals surface area contributed by atoms with Crippen LogP contribution in [0.4, 0.5) is 13.2 Å². The topological polar surface area (TPSA) is 46.6 Å². The Morgan fingerprint density at radius 3 is 2.06 bits per heavy atom. The molecule has 0 heterocycles. The first-order chi connectivity index (χ1) is 6.82. The highest BCUT2D eigenvalue weighted by molar-refractivity contribution is 7.16. The van der Waals surface area contributed by atoms with Crippen LogP contribution in [0.15, 0.2) is 0 Å². The van der Waals surface area contributed by atoms with Crippen molar-refractivity contribution in [3.05, 3.63) is 0 Å². The fourth-order valence-electron chi connectivity index (χ4n) is 0.761. The Morgan fingerprint density at radius 2 is 1.76 bits per heavy atom. The molecular weight excluding hydrogens is 305 g/mol. The average molecular weight is 318 g/mol. The van der Waals surface area contributed by atoms with Gasteiger partial charge in [-0.1, -0.05) is 0 Å². The molecule has 4 nitrogen and oxygen atoms in total. The second-order valence-corrected chi connectivity index (χ2v) is 2.85. The van der Waals surface area contributed by atoms with E-state index in [0.29, 0.717) is 4.90 Å². The molecule has 0 saturated carbocycles. The third-order valence-corrected chi connectivity index (χ3v) is 1.82. The number of rotatable bonds is 4. The highest BCUT2D eigenvalue weighted by Crippen LogP contribution is 2.18. The summed E-state index contributed by atoms with van der Waals surface area (Å²) in [6.45, 7) is 0.883. The molecule has 0 aromatic heterocycles. The Bertz CT molecular complexity index is 253. The number of hydrogen-bond acceptors (Lipinski definition) is 3. The van der Waals surface area contributed by atoms with Crippen LogP contribution in [-0.4, -0.2) is 42.4 Å². The largest absolute Gasteiger partial charge is 0.471 e. The number of nitrogens with zero attached hydrogens (tertiary/aromatic N) is 1. The zero-order valence-corrected chi connectivity index (χ0v) is 11.6. The Morgan fingerprint density at radius 1 is 1.29 bits per heavy atom. The van der Waals surface area contributed by atoms with Crippen LogP contribution in [0.25, 0.3) is 0 Å². The lowest BCUT2D eigenvalue weighted by Gasteiger charge is -2.20. The van der Waals surface area contributed by atoms with Gasteiger partial charge >= 0.3 is 18.1 Å². The Balaban J connectivity index is -0.000000980. The van der Waals surface area contributed by atoms with E-state index in [0.717, 1.165) is 0 Å². The van der Waals surface area contributed by atoms with E-state index in [1.807, 2.05) is 9.24 Å². The number of amides is 1. The maximum Gasteiger partial charge on any atom is 0.471 e.